The first-order valence-corrected chi connectivity index (χ1v) is 19.7. The van der Waals surface area contributed by atoms with Gasteiger partial charge in [0.15, 0.2) is 10.9 Å². The summed E-state index contributed by atoms with van der Waals surface area (Å²) >= 11 is 0. The van der Waals surface area contributed by atoms with Crippen LogP contribution in [0, 0.1) is 18.8 Å². The van der Waals surface area contributed by atoms with Crippen LogP contribution in [0.5, 0.6) is 0 Å². The van der Waals surface area contributed by atoms with Gasteiger partial charge in [-0.1, -0.05) is 126 Å². The molecular weight excluding hydrogens is 746 g/mol. The normalized spacial score (nSPS) is 10.7. The third-order valence-electron chi connectivity index (χ3n) is 7.80. The van der Waals surface area contributed by atoms with Crippen molar-refractivity contribution in [3.05, 3.63) is 177 Å². The zero-order valence-corrected chi connectivity index (χ0v) is 34.9. The van der Waals surface area contributed by atoms with Crippen molar-refractivity contribution >= 4 is 47.9 Å². The van der Waals surface area contributed by atoms with Crippen LogP contribution in [0.4, 0.5) is 0 Å². The maximum absolute atomic E-state index is 7.32. The molecule has 0 saturated heterocycles. The molecule has 0 bridgehead atoms. The third-order valence-corrected chi connectivity index (χ3v) is 13.0. The van der Waals surface area contributed by atoms with Gasteiger partial charge in [0, 0.05) is 41.3 Å². The summed E-state index contributed by atoms with van der Waals surface area (Å²) in [5.41, 5.74) is 4.86. The van der Waals surface area contributed by atoms with E-state index in [-0.39, 0.29) is 37.7 Å². The van der Waals surface area contributed by atoms with E-state index in [2.05, 4.69) is 199 Å². The van der Waals surface area contributed by atoms with E-state index < -0.39 is 15.8 Å². The van der Waals surface area contributed by atoms with Crippen LogP contribution in [-0.4, -0.2) is 9.97 Å². The molecule has 51 heavy (non-hydrogen) atoms. The van der Waals surface area contributed by atoms with E-state index in [9.17, 15) is 0 Å². The molecule has 0 N–H and O–H groups in total. The number of nitrogens with zero attached hydrogens (tertiary/aromatic N) is 3. The van der Waals surface area contributed by atoms with E-state index in [1.807, 2.05) is 0 Å². The van der Waals surface area contributed by atoms with Gasteiger partial charge in [0.25, 0.3) is 0 Å². The molecule has 0 aliphatic rings. The van der Waals surface area contributed by atoms with Crippen LogP contribution >= 0.6 is 15.8 Å². The van der Waals surface area contributed by atoms with Crippen molar-refractivity contribution in [2.75, 3.05) is 0 Å². The van der Waals surface area contributed by atoms with Crippen molar-refractivity contribution in [1.29, 1.82) is 5.26 Å². The average molecular weight is 798 g/mol. The predicted octanol–water partition coefficient (Wildman–Crippen LogP) is 8.72. The van der Waals surface area contributed by atoms with E-state index >= 15 is 0 Å². The van der Waals surface area contributed by atoms with Crippen LogP contribution in [0.2, 0.25) is 0 Å². The summed E-state index contributed by atoms with van der Waals surface area (Å²) < 4.78 is 0. The van der Waals surface area contributed by atoms with Crippen LogP contribution in [0.1, 0.15) is 59.9 Å². The summed E-state index contributed by atoms with van der Waals surface area (Å²) in [4.78, 5) is 10.1. The van der Waals surface area contributed by atoms with Crippen LogP contribution in [-0.2, 0) is 30.3 Å². The summed E-state index contributed by atoms with van der Waals surface area (Å²) in [6, 6.07) is 57.8. The largest absolute Gasteiger partial charge is 1.00 e. The van der Waals surface area contributed by atoms with Gasteiger partial charge in [-0.15, -0.1) is 0 Å². The molecule has 0 spiro atoms. The molecule has 0 saturated carbocycles. The monoisotopic (exact) mass is 798 g/mol. The minimum Gasteiger partial charge on any atom is -0.358 e. The molecule has 0 aliphatic heterocycles. The molecule has 0 atom stereocenters. The summed E-state index contributed by atoms with van der Waals surface area (Å²) in [6.45, 7) is 14.7. The summed E-state index contributed by atoms with van der Waals surface area (Å²) in [7, 11) is -2.14. The first kappa shape index (κ1) is 43.3. The van der Waals surface area contributed by atoms with E-state index in [0.29, 0.717) is 0 Å². The Balaban J connectivity index is 0.000000317. The van der Waals surface area contributed by atoms with E-state index in [1.165, 1.54) is 39.0 Å². The minimum absolute atomic E-state index is 0. The number of rotatable bonds is 6. The molecule has 1 radical (unpaired) electrons. The Morgan fingerprint density at radius 1 is 0.431 bits per heavy atom. The first-order chi connectivity index (χ1) is 23.5. The molecule has 6 rings (SSSR count). The van der Waals surface area contributed by atoms with Crippen LogP contribution in [0.15, 0.2) is 158 Å². The fourth-order valence-corrected chi connectivity index (χ4v) is 10.3. The van der Waals surface area contributed by atoms with Crippen molar-refractivity contribution < 1.29 is 19.5 Å². The van der Waals surface area contributed by atoms with Gasteiger partial charge in [-0.05, 0) is 60.7 Å². The zero-order chi connectivity index (χ0) is 35.3. The predicted molar refractivity (Wildman–Crippen MR) is 224 cm³/mol. The molecule has 2 heterocycles. The molecule has 6 aromatic rings. The standard InChI is InChI=1S/2C21H22NP.C2H3N.CH3.Ru/c2*1-21(2,3)19-15-10-16-20(22-19)23(17-11-6-4-7-12-17)18-13-8-5-9-14-18;1-2-3;;/h2*4-16H,1-3H3;1H3;1H3;/q;;;-1;+1/p+2. The molecule has 0 fully saturated rings. The van der Waals surface area contributed by atoms with Crippen molar-refractivity contribution in [2.24, 2.45) is 0 Å². The minimum atomic E-state index is -1.07. The number of hydrogen-bond donors (Lipinski definition) is 0. The van der Waals surface area contributed by atoms with Crippen molar-refractivity contribution in [3.8, 4) is 6.07 Å². The molecule has 4 aromatic carbocycles. The molecule has 0 amide bonds. The SMILES string of the molecule is CC#N.CC(C)(C)c1cccc([PH+](c2ccccc2)c2ccccc2)n1.CC(C)(C)c1cccc([PH+](c2ccccc2)c2ccccc2)n1.[CH3-].[Ru+]. The molecule has 6 heteroatoms. The Bertz CT molecular complexity index is 1680. The number of benzene rings is 4. The van der Waals surface area contributed by atoms with Gasteiger partial charge in [-0.25, -0.2) is 9.97 Å². The number of nitriles is 1. The molecule has 263 valence electrons. The zero-order valence-electron chi connectivity index (χ0n) is 31.2. The Morgan fingerprint density at radius 2 is 0.667 bits per heavy atom. The second kappa shape index (κ2) is 20.9. The maximum atomic E-state index is 7.32. The maximum Gasteiger partial charge on any atom is 1.00 e. The molecule has 0 aliphatic carbocycles. The van der Waals surface area contributed by atoms with Gasteiger partial charge < -0.3 is 7.43 Å². The fourth-order valence-electron chi connectivity index (χ4n) is 5.33. The smallest absolute Gasteiger partial charge is 0.358 e. The Labute approximate surface area is 322 Å². The van der Waals surface area contributed by atoms with Gasteiger partial charge in [0.2, 0.25) is 0 Å². The van der Waals surface area contributed by atoms with Gasteiger partial charge in [0.1, 0.15) is 37.1 Å². The summed E-state index contributed by atoms with van der Waals surface area (Å²) in [5.74, 6) is 0. The number of pyridine rings is 2. The topological polar surface area (TPSA) is 49.6 Å². The average Bonchev–Trinajstić information content (AvgIpc) is 3.11. The van der Waals surface area contributed by atoms with Crippen LogP contribution in [0.3, 0.4) is 0 Å². The van der Waals surface area contributed by atoms with Crippen LogP contribution in [0.25, 0.3) is 0 Å². The van der Waals surface area contributed by atoms with Crippen molar-refractivity contribution in [2.45, 2.75) is 59.3 Å². The molecule has 0 unspecified atom stereocenters. The molecule has 3 nitrogen and oxygen atoms in total. The van der Waals surface area contributed by atoms with Crippen molar-refractivity contribution in [3.63, 3.8) is 0 Å². The second-order valence-electron chi connectivity index (χ2n) is 13.8. The third kappa shape index (κ3) is 12.7. The summed E-state index contributed by atoms with van der Waals surface area (Å²) in [6.07, 6.45) is 0. The number of aromatic nitrogens is 2. The van der Waals surface area contributed by atoms with Gasteiger partial charge in [0.05, 0.1) is 6.07 Å². The second-order valence-corrected chi connectivity index (χ2v) is 18.6. The van der Waals surface area contributed by atoms with E-state index in [0.717, 1.165) is 11.4 Å². The van der Waals surface area contributed by atoms with Crippen LogP contribution < -0.4 is 32.1 Å². The van der Waals surface area contributed by atoms with Gasteiger partial charge in [-0.2, -0.15) is 5.26 Å². The quantitative estimate of drug-likeness (QED) is 0.0964. The summed E-state index contributed by atoms with van der Waals surface area (Å²) in [5, 5.41) is 12.8. The Kier molecular flexibility index (Phi) is 17.7. The molecule has 2 aromatic heterocycles. The van der Waals surface area contributed by atoms with E-state index in [1.54, 1.807) is 6.07 Å². The Hall–Kier alpha value is -3.85. The Morgan fingerprint density at radius 3 is 0.882 bits per heavy atom. The molecular formula is C45H52N3P2Ru+2. The van der Waals surface area contributed by atoms with Gasteiger partial charge >= 0.3 is 19.5 Å². The first-order valence-electron chi connectivity index (χ1n) is 16.7. The van der Waals surface area contributed by atoms with Gasteiger partial charge in [-0.3, -0.25) is 0 Å². The van der Waals surface area contributed by atoms with E-state index in [4.69, 9.17) is 15.2 Å². The number of hydrogen-bond acceptors (Lipinski definition) is 3. The van der Waals surface area contributed by atoms with Crippen molar-refractivity contribution in [1.82, 2.24) is 9.97 Å². The fraction of sp³-hybridized carbons (Fsp3) is 0.200.